The Hall–Kier alpha value is -3.73. The van der Waals surface area contributed by atoms with Crippen LogP contribution < -0.4 is 15.1 Å². The van der Waals surface area contributed by atoms with E-state index < -0.39 is 34.7 Å². The Balaban J connectivity index is 1.40. The minimum absolute atomic E-state index is 0.279. The molecule has 0 saturated carbocycles. The van der Waals surface area contributed by atoms with E-state index in [4.69, 9.17) is 11.6 Å². The van der Waals surface area contributed by atoms with Gasteiger partial charge in [-0.15, -0.1) is 0 Å². The second-order valence-corrected chi connectivity index (χ2v) is 11.7. The van der Waals surface area contributed by atoms with Crippen molar-refractivity contribution in [1.82, 2.24) is 4.57 Å². The summed E-state index contributed by atoms with van der Waals surface area (Å²) in [5.41, 5.74) is 1.60. The number of hydrogen-bond donors (Lipinski definition) is 1. The first kappa shape index (κ1) is 25.5. The first-order valence-electron chi connectivity index (χ1n) is 12.0. The molecule has 3 amide bonds. The molecule has 4 aromatic rings. The highest BCUT2D eigenvalue weighted by atomic mass is 35.5. The van der Waals surface area contributed by atoms with Crippen molar-refractivity contribution in [2.75, 3.05) is 10.2 Å². The maximum absolute atomic E-state index is 13.8. The van der Waals surface area contributed by atoms with Gasteiger partial charge in [0, 0.05) is 21.5 Å². The van der Waals surface area contributed by atoms with Crippen molar-refractivity contribution in [3.8, 4) is 0 Å². The molecule has 39 heavy (non-hydrogen) atoms. The van der Waals surface area contributed by atoms with E-state index >= 15 is 0 Å². The van der Waals surface area contributed by atoms with E-state index in [0.717, 1.165) is 23.1 Å². The molecule has 196 valence electrons. The van der Waals surface area contributed by atoms with Gasteiger partial charge in [-0.2, -0.15) is 0 Å². The Kier molecular flexibility index (Phi) is 6.62. The van der Waals surface area contributed by atoms with E-state index in [2.05, 4.69) is 5.32 Å². The third-order valence-electron chi connectivity index (χ3n) is 6.72. The summed E-state index contributed by atoms with van der Waals surface area (Å²) in [6.45, 7) is -0.279. The molecular formula is C28H19ClFN3O4S2. The predicted octanol–water partition coefficient (Wildman–Crippen LogP) is 5.14. The largest absolute Gasteiger partial charge is 0.325 e. The van der Waals surface area contributed by atoms with Gasteiger partial charge in [0.1, 0.15) is 17.6 Å². The van der Waals surface area contributed by atoms with Crippen LogP contribution in [0.25, 0.3) is 0 Å². The number of benzene rings is 3. The summed E-state index contributed by atoms with van der Waals surface area (Å²) in [5.74, 6) is -3.09. The van der Waals surface area contributed by atoms with Crippen LogP contribution in [0.3, 0.4) is 0 Å². The monoisotopic (exact) mass is 579 g/mol. The van der Waals surface area contributed by atoms with E-state index in [1.54, 1.807) is 66.7 Å². The smallest absolute Gasteiger partial charge is 0.308 e. The van der Waals surface area contributed by atoms with E-state index in [1.165, 1.54) is 21.6 Å². The van der Waals surface area contributed by atoms with Crippen molar-refractivity contribution in [2.24, 2.45) is 5.92 Å². The lowest BCUT2D eigenvalue weighted by atomic mass is 9.83. The highest BCUT2D eigenvalue weighted by Crippen LogP contribution is 2.53. The predicted molar refractivity (Wildman–Crippen MR) is 149 cm³/mol. The maximum atomic E-state index is 13.8. The number of amides is 3. The average molecular weight is 580 g/mol. The summed E-state index contributed by atoms with van der Waals surface area (Å²) in [6.07, 6.45) is 0. The molecule has 1 N–H and O–H groups in total. The fourth-order valence-corrected chi connectivity index (χ4v) is 7.89. The molecule has 0 spiro atoms. The van der Waals surface area contributed by atoms with Crippen LogP contribution in [-0.4, -0.2) is 27.5 Å². The Bertz CT molecular complexity index is 1660. The minimum Gasteiger partial charge on any atom is -0.325 e. The van der Waals surface area contributed by atoms with Gasteiger partial charge in [-0.25, -0.2) is 9.29 Å². The second-order valence-electron chi connectivity index (χ2n) is 9.12. The van der Waals surface area contributed by atoms with E-state index in [0.29, 0.717) is 31.9 Å². The fourth-order valence-electron chi connectivity index (χ4n) is 4.99. The molecule has 11 heteroatoms. The van der Waals surface area contributed by atoms with Crippen LogP contribution in [0.4, 0.5) is 15.8 Å². The van der Waals surface area contributed by atoms with Crippen molar-refractivity contribution in [2.45, 2.75) is 22.7 Å². The SMILES string of the molecule is O=C(Cn1c2c(sc1=O)[C@@H](c1ccc(F)cc1)[C@@H]1C(=O)N(c3ccccc3)C(=O)[C@@H]1S2)Nc1ccc(Cl)cc1. The zero-order chi connectivity index (χ0) is 27.3. The van der Waals surface area contributed by atoms with Crippen molar-refractivity contribution < 1.29 is 18.8 Å². The fraction of sp³-hybridized carbons (Fsp3) is 0.143. The molecule has 1 fully saturated rings. The number of imide groups is 1. The van der Waals surface area contributed by atoms with Crippen LogP contribution in [0.1, 0.15) is 16.4 Å². The molecule has 0 unspecified atom stereocenters. The van der Waals surface area contributed by atoms with Gasteiger partial charge in [0.05, 0.1) is 16.6 Å². The van der Waals surface area contributed by atoms with Crippen LogP contribution in [0.5, 0.6) is 0 Å². The molecule has 3 atom stereocenters. The van der Waals surface area contributed by atoms with E-state index in [9.17, 15) is 23.6 Å². The highest BCUT2D eigenvalue weighted by molar-refractivity contribution is 8.00. The lowest BCUT2D eigenvalue weighted by molar-refractivity contribution is -0.122. The van der Waals surface area contributed by atoms with Crippen LogP contribution in [0.15, 0.2) is 88.7 Å². The molecule has 0 aliphatic carbocycles. The second kappa shape index (κ2) is 10.1. The Labute approximate surface area is 235 Å². The molecule has 1 saturated heterocycles. The standard InChI is InChI=1S/C28H19ClFN3O4S2/c29-16-8-12-18(13-9-16)31-20(34)14-32-27-24(39-28(32)37)21(15-6-10-17(30)11-7-15)22-23(38-27)26(36)33(25(22)35)19-4-2-1-3-5-19/h1-13,21-23H,14H2,(H,31,34)/t21-,22-,23+/m0/s1. The molecule has 0 bridgehead atoms. The summed E-state index contributed by atoms with van der Waals surface area (Å²) in [4.78, 5) is 54.9. The molecule has 7 nitrogen and oxygen atoms in total. The summed E-state index contributed by atoms with van der Waals surface area (Å²) in [5, 5.41) is 2.91. The third-order valence-corrected chi connectivity index (χ3v) is 9.58. The average Bonchev–Trinajstić information content (AvgIpc) is 3.37. The number of fused-ring (bicyclic) bond motifs is 2. The summed E-state index contributed by atoms with van der Waals surface area (Å²) in [7, 11) is 0. The topological polar surface area (TPSA) is 88.5 Å². The molecule has 2 aliphatic heterocycles. The van der Waals surface area contributed by atoms with Crippen molar-refractivity contribution in [1.29, 1.82) is 0 Å². The first-order valence-corrected chi connectivity index (χ1v) is 14.0. The van der Waals surface area contributed by atoms with Gasteiger partial charge >= 0.3 is 4.87 Å². The van der Waals surface area contributed by atoms with Gasteiger partial charge in [0.25, 0.3) is 0 Å². The number of nitrogens with zero attached hydrogens (tertiary/aromatic N) is 2. The highest BCUT2D eigenvalue weighted by Gasteiger charge is 2.56. The van der Waals surface area contributed by atoms with Gasteiger partial charge in [-0.1, -0.05) is 65.0 Å². The number of nitrogens with one attached hydrogen (secondary N) is 1. The number of aromatic nitrogens is 1. The number of thioether (sulfide) groups is 1. The van der Waals surface area contributed by atoms with Crippen LogP contribution in [0.2, 0.25) is 5.02 Å². The number of carbonyl (C=O) groups excluding carboxylic acids is 3. The Morgan fingerprint density at radius 1 is 0.923 bits per heavy atom. The molecule has 6 rings (SSSR count). The number of carbonyl (C=O) groups is 3. The molecule has 2 aliphatic rings. The van der Waals surface area contributed by atoms with Crippen molar-refractivity contribution >= 4 is 63.8 Å². The van der Waals surface area contributed by atoms with E-state index in [-0.39, 0.29) is 17.3 Å². The lowest BCUT2D eigenvalue weighted by Crippen LogP contribution is -2.33. The van der Waals surface area contributed by atoms with Gasteiger partial charge < -0.3 is 5.32 Å². The van der Waals surface area contributed by atoms with Gasteiger partial charge in [-0.3, -0.25) is 23.7 Å². The normalized spacial score (nSPS) is 20.1. The summed E-state index contributed by atoms with van der Waals surface area (Å²) >= 11 is 7.98. The minimum atomic E-state index is -0.820. The van der Waals surface area contributed by atoms with Crippen LogP contribution in [0, 0.1) is 11.7 Å². The number of para-hydroxylation sites is 1. The maximum Gasteiger partial charge on any atom is 0.308 e. The van der Waals surface area contributed by atoms with Crippen LogP contribution in [-0.2, 0) is 20.9 Å². The third kappa shape index (κ3) is 4.58. The summed E-state index contributed by atoms with van der Waals surface area (Å²) < 4.78 is 15.2. The van der Waals surface area contributed by atoms with E-state index in [1.807, 2.05) is 0 Å². The van der Waals surface area contributed by atoms with Crippen molar-refractivity contribution in [3.05, 3.63) is 110 Å². The number of anilines is 2. The molecule has 3 aromatic carbocycles. The van der Waals surface area contributed by atoms with Gasteiger partial charge in [0.15, 0.2) is 0 Å². The molecule has 3 heterocycles. The number of halogens is 2. The quantitative estimate of drug-likeness (QED) is 0.331. The lowest BCUT2D eigenvalue weighted by Gasteiger charge is -2.30. The number of thiazole rings is 1. The Morgan fingerprint density at radius 2 is 1.62 bits per heavy atom. The molecule has 0 radical (unpaired) electrons. The number of hydrogen-bond acceptors (Lipinski definition) is 6. The van der Waals surface area contributed by atoms with Crippen LogP contribution >= 0.6 is 34.7 Å². The zero-order valence-corrected chi connectivity index (χ0v) is 22.4. The number of rotatable bonds is 5. The Morgan fingerprint density at radius 3 is 2.31 bits per heavy atom. The zero-order valence-electron chi connectivity index (χ0n) is 20.0. The molecular weight excluding hydrogens is 561 g/mol. The summed E-state index contributed by atoms with van der Waals surface area (Å²) in [6, 6.07) is 21.0. The van der Waals surface area contributed by atoms with Crippen molar-refractivity contribution in [3.63, 3.8) is 0 Å². The molecule has 1 aromatic heterocycles. The first-order chi connectivity index (χ1) is 18.8. The van der Waals surface area contributed by atoms with Gasteiger partial charge in [-0.05, 0) is 54.1 Å². The van der Waals surface area contributed by atoms with Gasteiger partial charge in [0.2, 0.25) is 17.7 Å².